The van der Waals surface area contributed by atoms with Gasteiger partial charge in [0.2, 0.25) is 0 Å². The smallest absolute Gasteiger partial charge is 0.489 e. The van der Waals surface area contributed by atoms with Crippen molar-refractivity contribution in [2.24, 2.45) is 0 Å². The Morgan fingerprint density at radius 1 is 1.10 bits per heavy atom. The second-order valence-electron chi connectivity index (χ2n) is 4.58. The van der Waals surface area contributed by atoms with Gasteiger partial charge in [-0.3, -0.25) is 0 Å². The van der Waals surface area contributed by atoms with Crippen LogP contribution in [0, 0.1) is 0 Å². The lowest BCUT2D eigenvalue weighted by molar-refractivity contribution is 0.148. The van der Waals surface area contributed by atoms with Crippen LogP contribution in [0.15, 0.2) is 54.6 Å². The van der Waals surface area contributed by atoms with Gasteiger partial charge in [0.05, 0.1) is 17.7 Å². The lowest BCUT2D eigenvalue weighted by atomic mass is 9.79. The predicted octanol–water partition coefficient (Wildman–Crippen LogP) is 2.53. The molecular weight excluding hydrogens is 274 g/mol. The zero-order valence-corrected chi connectivity index (χ0v) is 11.6. The van der Waals surface area contributed by atoms with E-state index in [2.05, 4.69) is 0 Å². The quantitative estimate of drug-likeness (QED) is 0.809. The first-order valence-corrected chi connectivity index (χ1v) is 6.90. The Labute approximate surface area is 123 Å². The number of hydrogen-bond acceptors (Lipinski definition) is 3. The second kappa shape index (κ2) is 6.31. The molecule has 20 heavy (non-hydrogen) atoms. The van der Waals surface area contributed by atoms with E-state index in [4.69, 9.17) is 25.6 Å². The fraction of sp³-hybridized carbons (Fsp3) is 0.200. The van der Waals surface area contributed by atoms with Gasteiger partial charge in [-0.05, 0) is 17.6 Å². The van der Waals surface area contributed by atoms with E-state index in [0.717, 1.165) is 5.46 Å². The van der Waals surface area contributed by atoms with Crippen molar-refractivity contribution in [1.29, 1.82) is 0 Å². The summed E-state index contributed by atoms with van der Waals surface area (Å²) in [5.41, 5.74) is 1.02. The number of rotatable bonds is 4. The molecule has 0 spiro atoms. The Hall–Kier alpha value is -1.49. The maximum atomic E-state index is 6.04. The van der Waals surface area contributed by atoms with E-state index in [1.807, 2.05) is 48.5 Å². The molecule has 0 amide bonds. The normalized spacial score (nSPS) is 18.2. The molecule has 0 aromatic heterocycles. The van der Waals surface area contributed by atoms with E-state index < -0.39 is 0 Å². The van der Waals surface area contributed by atoms with Crippen molar-refractivity contribution in [1.82, 2.24) is 0 Å². The van der Waals surface area contributed by atoms with Crippen LogP contribution < -0.4 is 10.2 Å². The Bertz CT molecular complexity index is 564. The van der Waals surface area contributed by atoms with Crippen LogP contribution in [0.3, 0.4) is 0 Å². The van der Waals surface area contributed by atoms with E-state index in [0.29, 0.717) is 24.0 Å². The van der Waals surface area contributed by atoms with Crippen LogP contribution in [0.25, 0.3) is 0 Å². The summed E-state index contributed by atoms with van der Waals surface area (Å²) in [5, 5.41) is 0.603. The highest BCUT2D eigenvalue weighted by atomic mass is 35.5. The average Bonchev–Trinajstić information content (AvgIpc) is 2.96. The van der Waals surface area contributed by atoms with Gasteiger partial charge in [0.25, 0.3) is 0 Å². The number of halogens is 1. The molecule has 0 bridgehead atoms. The minimum Gasteiger partial charge on any atom is -0.489 e. The minimum absolute atomic E-state index is 0.0866. The molecule has 0 N–H and O–H groups in total. The Morgan fingerprint density at radius 3 is 2.65 bits per heavy atom. The molecule has 0 aliphatic carbocycles. The average molecular weight is 289 g/mol. The molecular formula is C15H14BClO3. The van der Waals surface area contributed by atoms with Gasteiger partial charge in [-0.15, -0.1) is 0 Å². The monoisotopic (exact) mass is 288 g/mol. The Morgan fingerprint density at radius 2 is 1.85 bits per heavy atom. The van der Waals surface area contributed by atoms with Gasteiger partial charge in [-0.1, -0.05) is 54.1 Å². The first-order valence-electron chi connectivity index (χ1n) is 6.52. The maximum Gasteiger partial charge on any atom is 0.494 e. The highest BCUT2D eigenvalue weighted by molar-refractivity contribution is 6.61. The molecule has 3 nitrogen and oxygen atoms in total. The van der Waals surface area contributed by atoms with Crippen LogP contribution in [-0.4, -0.2) is 26.4 Å². The number of benzene rings is 2. The molecule has 5 heteroatoms. The third-order valence-electron chi connectivity index (χ3n) is 3.08. The SMILES string of the molecule is Clc1ccccc1OCC1COB(c2ccccc2)O1. The summed E-state index contributed by atoms with van der Waals surface area (Å²) in [7, 11) is -0.309. The van der Waals surface area contributed by atoms with E-state index in [9.17, 15) is 0 Å². The molecule has 0 saturated carbocycles. The van der Waals surface area contributed by atoms with Gasteiger partial charge < -0.3 is 14.0 Å². The zero-order chi connectivity index (χ0) is 13.8. The maximum absolute atomic E-state index is 6.04. The molecule has 0 radical (unpaired) electrons. The van der Waals surface area contributed by atoms with Crippen LogP contribution in [0.5, 0.6) is 5.75 Å². The number of hydrogen-bond donors (Lipinski definition) is 0. The van der Waals surface area contributed by atoms with Crippen molar-refractivity contribution in [2.45, 2.75) is 6.10 Å². The van der Waals surface area contributed by atoms with E-state index >= 15 is 0 Å². The third-order valence-corrected chi connectivity index (χ3v) is 3.39. The highest BCUT2D eigenvalue weighted by Gasteiger charge is 2.33. The highest BCUT2D eigenvalue weighted by Crippen LogP contribution is 2.23. The molecule has 1 aliphatic rings. The fourth-order valence-electron chi connectivity index (χ4n) is 2.06. The molecule has 1 fully saturated rings. The lowest BCUT2D eigenvalue weighted by Gasteiger charge is -2.12. The van der Waals surface area contributed by atoms with E-state index in [-0.39, 0.29) is 13.2 Å². The summed E-state index contributed by atoms with van der Waals surface area (Å²) < 4.78 is 17.1. The Balaban J connectivity index is 1.55. The van der Waals surface area contributed by atoms with Crippen molar-refractivity contribution in [3.05, 3.63) is 59.6 Å². The van der Waals surface area contributed by atoms with Crippen molar-refractivity contribution in [3.63, 3.8) is 0 Å². The first-order chi connectivity index (χ1) is 9.83. The van der Waals surface area contributed by atoms with Gasteiger partial charge in [0.15, 0.2) is 0 Å². The topological polar surface area (TPSA) is 27.7 Å². The summed E-state index contributed by atoms with van der Waals surface area (Å²) >= 11 is 6.04. The van der Waals surface area contributed by atoms with E-state index in [1.165, 1.54) is 0 Å². The zero-order valence-electron chi connectivity index (χ0n) is 10.9. The van der Waals surface area contributed by atoms with Crippen LogP contribution >= 0.6 is 11.6 Å². The minimum atomic E-state index is -0.309. The molecule has 1 aliphatic heterocycles. The molecule has 2 aromatic carbocycles. The van der Waals surface area contributed by atoms with Gasteiger partial charge in [0, 0.05) is 0 Å². The third kappa shape index (κ3) is 3.15. The standard InChI is InChI=1S/C15H14BClO3/c17-14-8-4-5-9-15(14)18-10-13-11-19-16(20-13)12-6-2-1-3-7-12/h1-9,13H,10-11H2. The van der Waals surface area contributed by atoms with Crippen molar-refractivity contribution in [2.75, 3.05) is 13.2 Å². The first kappa shape index (κ1) is 13.5. The van der Waals surface area contributed by atoms with Gasteiger partial charge >= 0.3 is 7.12 Å². The van der Waals surface area contributed by atoms with Crippen LogP contribution in [0.1, 0.15) is 0 Å². The molecule has 1 atom stereocenters. The van der Waals surface area contributed by atoms with Gasteiger partial charge in [0.1, 0.15) is 12.4 Å². The van der Waals surface area contributed by atoms with E-state index in [1.54, 1.807) is 6.07 Å². The fourth-order valence-corrected chi connectivity index (χ4v) is 2.26. The predicted molar refractivity (Wildman–Crippen MR) is 79.6 cm³/mol. The van der Waals surface area contributed by atoms with Crippen LogP contribution in [-0.2, 0) is 9.31 Å². The molecule has 3 rings (SSSR count). The van der Waals surface area contributed by atoms with Gasteiger partial charge in [-0.2, -0.15) is 0 Å². The van der Waals surface area contributed by atoms with Crippen molar-refractivity contribution < 1.29 is 14.0 Å². The number of para-hydroxylation sites is 1. The molecule has 1 saturated heterocycles. The van der Waals surface area contributed by atoms with Crippen LogP contribution in [0.4, 0.5) is 0 Å². The summed E-state index contributed by atoms with van der Waals surface area (Å²) in [6.07, 6.45) is -0.0866. The molecule has 1 unspecified atom stereocenters. The summed E-state index contributed by atoms with van der Waals surface area (Å²) in [5.74, 6) is 0.668. The summed E-state index contributed by atoms with van der Waals surface area (Å²) in [6, 6.07) is 17.3. The second-order valence-corrected chi connectivity index (χ2v) is 4.98. The van der Waals surface area contributed by atoms with Crippen molar-refractivity contribution >= 4 is 24.2 Å². The molecule has 102 valence electrons. The van der Waals surface area contributed by atoms with Crippen LogP contribution in [0.2, 0.25) is 5.02 Å². The lowest BCUT2D eigenvalue weighted by Crippen LogP contribution is -2.33. The summed E-state index contributed by atoms with van der Waals surface area (Å²) in [6.45, 7) is 0.942. The largest absolute Gasteiger partial charge is 0.494 e. The van der Waals surface area contributed by atoms with Gasteiger partial charge in [-0.25, -0.2) is 0 Å². The molecule has 1 heterocycles. The number of ether oxygens (including phenoxy) is 1. The Kier molecular flexibility index (Phi) is 4.26. The van der Waals surface area contributed by atoms with Crippen molar-refractivity contribution in [3.8, 4) is 5.75 Å². The molecule has 2 aromatic rings. The summed E-state index contributed by atoms with van der Waals surface area (Å²) in [4.78, 5) is 0.